The topological polar surface area (TPSA) is 90.7 Å². The third-order valence-electron chi connectivity index (χ3n) is 3.08. The smallest absolute Gasteiger partial charge is 0.316 e. The standard InChI is InChI=1S/C15H8FN5O2/c16-11-3-1-9(2-4-11)12-18-14(22-20-12)15-19-13(21-23-15)10-5-7-17-8-6-10/h1-8H. The van der Waals surface area contributed by atoms with Gasteiger partial charge in [0.2, 0.25) is 11.6 Å². The third kappa shape index (κ3) is 2.57. The highest BCUT2D eigenvalue weighted by Crippen LogP contribution is 2.23. The van der Waals surface area contributed by atoms with Crippen LogP contribution in [0.2, 0.25) is 0 Å². The minimum atomic E-state index is -0.337. The lowest BCUT2D eigenvalue weighted by atomic mass is 10.2. The van der Waals surface area contributed by atoms with Crippen LogP contribution in [0.1, 0.15) is 0 Å². The third-order valence-corrected chi connectivity index (χ3v) is 3.08. The summed E-state index contributed by atoms with van der Waals surface area (Å²) in [5, 5.41) is 7.69. The van der Waals surface area contributed by atoms with Crippen LogP contribution in [0.3, 0.4) is 0 Å². The van der Waals surface area contributed by atoms with Crippen molar-refractivity contribution in [2.75, 3.05) is 0 Å². The van der Waals surface area contributed by atoms with E-state index in [0.717, 1.165) is 5.56 Å². The van der Waals surface area contributed by atoms with Gasteiger partial charge < -0.3 is 9.05 Å². The van der Waals surface area contributed by atoms with E-state index in [-0.39, 0.29) is 17.6 Å². The molecule has 0 bridgehead atoms. The van der Waals surface area contributed by atoms with Gasteiger partial charge >= 0.3 is 11.8 Å². The van der Waals surface area contributed by atoms with Gasteiger partial charge in [0.25, 0.3) is 0 Å². The van der Waals surface area contributed by atoms with Crippen LogP contribution in [-0.2, 0) is 0 Å². The van der Waals surface area contributed by atoms with E-state index in [2.05, 4.69) is 25.3 Å². The fourth-order valence-electron chi connectivity index (χ4n) is 1.96. The van der Waals surface area contributed by atoms with E-state index in [1.807, 2.05) is 0 Å². The molecular weight excluding hydrogens is 301 g/mol. The number of benzene rings is 1. The van der Waals surface area contributed by atoms with Crippen molar-refractivity contribution in [2.24, 2.45) is 0 Å². The second kappa shape index (κ2) is 5.41. The average Bonchev–Trinajstić information content (AvgIpc) is 3.26. The Labute approximate surface area is 128 Å². The van der Waals surface area contributed by atoms with Crippen molar-refractivity contribution >= 4 is 0 Å². The quantitative estimate of drug-likeness (QED) is 0.574. The van der Waals surface area contributed by atoms with Gasteiger partial charge in [0.05, 0.1) is 0 Å². The molecule has 8 heteroatoms. The van der Waals surface area contributed by atoms with Gasteiger partial charge in [-0.2, -0.15) is 9.97 Å². The average molecular weight is 309 g/mol. The van der Waals surface area contributed by atoms with Crippen molar-refractivity contribution in [3.63, 3.8) is 0 Å². The minimum Gasteiger partial charge on any atom is -0.328 e. The molecule has 0 aliphatic rings. The van der Waals surface area contributed by atoms with Crippen LogP contribution < -0.4 is 0 Å². The first kappa shape index (κ1) is 13.3. The van der Waals surface area contributed by atoms with Crippen LogP contribution >= 0.6 is 0 Å². The molecule has 0 aliphatic heterocycles. The lowest BCUT2D eigenvalue weighted by Gasteiger charge is -1.92. The van der Waals surface area contributed by atoms with Crippen molar-refractivity contribution in [1.29, 1.82) is 0 Å². The summed E-state index contributed by atoms with van der Waals surface area (Å²) in [5.74, 6) is 0.568. The highest BCUT2D eigenvalue weighted by atomic mass is 19.1. The number of aromatic nitrogens is 5. The van der Waals surface area contributed by atoms with E-state index < -0.39 is 0 Å². The summed E-state index contributed by atoms with van der Waals surface area (Å²) in [6.07, 6.45) is 3.26. The first-order valence-electron chi connectivity index (χ1n) is 6.64. The fraction of sp³-hybridized carbons (Fsp3) is 0. The molecule has 0 N–H and O–H groups in total. The molecule has 0 unspecified atom stereocenters. The molecule has 0 aliphatic carbocycles. The Balaban J connectivity index is 1.65. The van der Waals surface area contributed by atoms with Gasteiger partial charge in [-0.3, -0.25) is 4.98 Å². The number of hydrogen-bond donors (Lipinski definition) is 0. The van der Waals surface area contributed by atoms with Crippen LogP contribution in [0.4, 0.5) is 4.39 Å². The first-order chi connectivity index (χ1) is 11.3. The summed E-state index contributed by atoms with van der Waals surface area (Å²) in [7, 11) is 0. The molecule has 112 valence electrons. The monoisotopic (exact) mass is 309 g/mol. The van der Waals surface area contributed by atoms with Crippen LogP contribution in [0, 0.1) is 5.82 Å². The number of hydrogen-bond acceptors (Lipinski definition) is 7. The molecule has 1 aromatic carbocycles. The van der Waals surface area contributed by atoms with Gasteiger partial charge in [-0.15, -0.1) is 0 Å². The Morgan fingerprint density at radius 2 is 1.22 bits per heavy atom. The van der Waals surface area contributed by atoms with Crippen molar-refractivity contribution in [2.45, 2.75) is 0 Å². The second-order valence-corrected chi connectivity index (χ2v) is 4.59. The number of nitrogens with zero attached hydrogens (tertiary/aromatic N) is 5. The normalized spacial score (nSPS) is 10.8. The number of rotatable bonds is 3. The molecule has 0 radical (unpaired) electrons. The van der Waals surface area contributed by atoms with Gasteiger partial charge in [0.15, 0.2) is 0 Å². The molecule has 4 rings (SSSR count). The van der Waals surface area contributed by atoms with Gasteiger partial charge in [-0.1, -0.05) is 10.3 Å². The summed E-state index contributed by atoms with van der Waals surface area (Å²) in [6.45, 7) is 0. The number of halogens is 1. The Morgan fingerprint density at radius 3 is 1.78 bits per heavy atom. The van der Waals surface area contributed by atoms with Crippen molar-refractivity contribution in [3.05, 3.63) is 54.6 Å². The highest BCUT2D eigenvalue weighted by Gasteiger charge is 2.18. The summed E-state index contributed by atoms with van der Waals surface area (Å²) in [5.41, 5.74) is 1.38. The Hall–Kier alpha value is -3.42. The Bertz CT molecular complexity index is 934. The van der Waals surface area contributed by atoms with Gasteiger partial charge in [0.1, 0.15) is 5.82 Å². The lowest BCUT2D eigenvalue weighted by molar-refractivity contribution is 0.383. The van der Waals surface area contributed by atoms with E-state index in [4.69, 9.17) is 9.05 Å². The highest BCUT2D eigenvalue weighted by molar-refractivity contribution is 5.58. The van der Waals surface area contributed by atoms with Crippen LogP contribution in [0.5, 0.6) is 0 Å². The maximum atomic E-state index is 12.9. The molecule has 0 atom stereocenters. The summed E-state index contributed by atoms with van der Waals surface area (Å²) in [4.78, 5) is 12.3. The summed E-state index contributed by atoms with van der Waals surface area (Å²) >= 11 is 0. The molecule has 0 fully saturated rings. The van der Waals surface area contributed by atoms with Gasteiger partial charge in [-0.05, 0) is 36.4 Å². The molecule has 0 saturated heterocycles. The summed E-state index contributed by atoms with van der Waals surface area (Å²) < 4.78 is 23.2. The van der Waals surface area contributed by atoms with Crippen LogP contribution in [0.25, 0.3) is 34.6 Å². The molecular formula is C15H8FN5O2. The maximum Gasteiger partial charge on any atom is 0.316 e. The lowest BCUT2D eigenvalue weighted by Crippen LogP contribution is -1.83. The molecule has 0 saturated carbocycles. The molecule has 0 spiro atoms. The minimum absolute atomic E-state index is 0.0946. The van der Waals surface area contributed by atoms with E-state index in [0.29, 0.717) is 17.2 Å². The van der Waals surface area contributed by atoms with Crippen molar-refractivity contribution in [3.8, 4) is 34.6 Å². The van der Waals surface area contributed by atoms with E-state index in [1.165, 1.54) is 12.1 Å². The second-order valence-electron chi connectivity index (χ2n) is 4.59. The maximum absolute atomic E-state index is 12.9. The van der Waals surface area contributed by atoms with Gasteiger partial charge in [0, 0.05) is 23.5 Å². The number of pyridine rings is 1. The zero-order valence-electron chi connectivity index (χ0n) is 11.5. The van der Waals surface area contributed by atoms with E-state index in [1.54, 1.807) is 36.7 Å². The Kier molecular flexibility index (Phi) is 3.12. The van der Waals surface area contributed by atoms with E-state index in [9.17, 15) is 4.39 Å². The SMILES string of the molecule is Fc1ccc(-c2noc(-c3nc(-c4ccncc4)no3)n2)cc1. The van der Waals surface area contributed by atoms with Crippen molar-refractivity contribution in [1.82, 2.24) is 25.3 Å². The molecule has 23 heavy (non-hydrogen) atoms. The molecule has 3 aromatic heterocycles. The largest absolute Gasteiger partial charge is 0.328 e. The zero-order chi connectivity index (χ0) is 15.6. The van der Waals surface area contributed by atoms with E-state index >= 15 is 0 Å². The van der Waals surface area contributed by atoms with Crippen molar-refractivity contribution < 1.29 is 13.4 Å². The molecule has 4 aromatic rings. The fourth-order valence-corrected chi connectivity index (χ4v) is 1.96. The zero-order valence-corrected chi connectivity index (χ0v) is 11.5. The predicted molar refractivity (Wildman–Crippen MR) is 76.2 cm³/mol. The Morgan fingerprint density at radius 1 is 0.696 bits per heavy atom. The molecule has 7 nitrogen and oxygen atoms in total. The summed E-state index contributed by atoms with van der Waals surface area (Å²) in [6, 6.07) is 9.26. The van der Waals surface area contributed by atoms with Crippen LogP contribution in [-0.4, -0.2) is 25.3 Å². The predicted octanol–water partition coefficient (Wildman–Crippen LogP) is 2.99. The van der Waals surface area contributed by atoms with Gasteiger partial charge in [-0.25, -0.2) is 4.39 Å². The first-order valence-corrected chi connectivity index (χ1v) is 6.64. The molecule has 0 amide bonds. The van der Waals surface area contributed by atoms with Crippen LogP contribution in [0.15, 0.2) is 57.8 Å². The molecule has 3 heterocycles.